The zero-order valence-electron chi connectivity index (χ0n) is 8.93. The van der Waals surface area contributed by atoms with E-state index in [1.54, 1.807) is 25.5 Å². The monoisotopic (exact) mass is 178 g/mol. The highest BCUT2D eigenvalue weighted by atomic mass is 14.1. The third kappa shape index (κ3) is 2.75. The van der Waals surface area contributed by atoms with Crippen molar-refractivity contribution in [2.24, 2.45) is 0 Å². The van der Waals surface area contributed by atoms with Crippen LogP contribution in [0.25, 0.3) is 0 Å². The summed E-state index contributed by atoms with van der Waals surface area (Å²) in [6, 6.07) is 0. The van der Waals surface area contributed by atoms with Gasteiger partial charge in [0, 0.05) is 0 Å². The fraction of sp³-hybridized carbons (Fsp3) is 1.00. The lowest BCUT2D eigenvalue weighted by molar-refractivity contribution is 0.494. The minimum absolute atomic E-state index is 1.13. The van der Waals surface area contributed by atoms with E-state index in [0.717, 1.165) is 12.5 Å². The van der Waals surface area contributed by atoms with Crippen molar-refractivity contribution in [2.45, 2.75) is 76.2 Å². The first-order valence-corrected chi connectivity index (χ1v) is 6.47. The summed E-state index contributed by atoms with van der Waals surface area (Å²) in [6.07, 6.45) is 16.9. The fourth-order valence-electron chi connectivity index (χ4n) is 3.39. The van der Waals surface area contributed by atoms with Crippen LogP contribution in [0.5, 0.6) is 0 Å². The molecule has 1 saturated carbocycles. The molecular weight excluding hydrogens is 155 g/mol. The second kappa shape index (κ2) is 5.07. The Kier molecular flexibility index (Phi) is 3.75. The van der Waals surface area contributed by atoms with Gasteiger partial charge in [0.2, 0.25) is 0 Å². The highest BCUT2D eigenvalue weighted by molar-refractivity contribution is 6.60. The van der Waals surface area contributed by atoms with Crippen LogP contribution < -0.4 is 0 Å². The first kappa shape index (κ1) is 9.61. The molecule has 1 heteroatoms. The maximum absolute atomic E-state index is 1.56. The van der Waals surface area contributed by atoms with E-state index in [1.807, 2.05) is 0 Å². The van der Waals surface area contributed by atoms with Gasteiger partial charge in [-0.05, 0) is 0 Å². The van der Waals surface area contributed by atoms with Gasteiger partial charge in [-0.25, -0.2) is 0 Å². The summed E-state index contributed by atoms with van der Waals surface area (Å²) in [5.74, 6) is 1.13. The standard InChI is InChI=1S/C12H23B/c1-2-7-11-13(10-6-1)12-8-4-3-5-9-12/h12H,1-11H2. The third-order valence-corrected chi connectivity index (χ3v) is 4.22. The second-order valence-electron chi connectivity index (χ2n) is 5.15. The summed E-state index contributed by atoms with van der Waals surface area (Å²) < 4.78 is 0. The van der Waals surface area contributed by atoms with Gasteiger partial charge in [0.25, 0.3) is 0 Å². The molecule has 0 nitrogen and oxygen atoms in total. The molecule has 74 valence electrons. The molecule has 0 aromatic rings. The lowest BCUT2D eigenvalue weighted by Crippen LogP contribution is -2.21. The summed E-state index contributed by atoms with van der Waals surface area (Å²) in [4.78, 5) is 0. The molecule has 0 unspecified atom stereocenters. The lowest BCUT2D eigenvalue weighted by Gasteiger charge is -2.27. The van der Waals surface area contributed by atoms with Crippen LogP contribution in [-0.4, -0.2) is 6.71 Å². The zero-order valence-corrected chi connectivity index (χ0v) is 8.93. The number of rotatable bonds is 1. The van der Waals surface area contributed by atoms with E-state index in [0.29, 0.717) is 0 Å². The van der Waals surface area contributed by atoms with E-state index in [1.165, 1.54) is 44.9 Å². The molecule has 0 N–H and O–H groups in total. The van der Waals surface area contributed by atoms with Gasteiger partial charge in [-0.3, -0.25) is 0 Å². The van der Waals surface area contributed by atoms with Crippen LogP contribution in [0, 0.1) is 0 Å². The van der Waals surface area contributed by atoms with E-state index >= 15 is 0 Å². The van der Waals surface area contributed by atoms with Gasteiger partial charge in [0.15, 0.2) is 0 Å². The minimum atomic E-state index is 1.13. The van der Waals surface area contributed by atoms with Crippen molar-refractivity contribution in [1.29, 1.82) is 0 Å². The first-order valence-electron chi connectivity index (χ1n) is 6.47. The highest BCUT2D eigenvalue weighted by Crippen LogP contribution is 2.36. The molecule has 1 saturated heterocycles. The van der Waals surface area contributed by atoms with Crippen LogP contribution in [-0.2, 0) is 0 Å². The molecule has 0 bridgehead atoms. The van der Waals surface area contributed by atoms with Gasteiger partial charge < -0.3 is 0 Å². The Balaban J connectivity index is 1.82. The van der Waals surface area contributed by atoms with Crippen LogP contribution in [0.1, 0.15) is 57.8 Å². The van der Waals surface area contributed by atoms with Crippen LogP contribution in [0.2, 0.25) is 18.5 Å². The van der Waals surface area contributed by atoms with E-state index in [-0.39, 0.29) is 0 Å². The van der Waals surface area contributed by atoms with Crippen molar-refractivity contribution in [1.82, 2.24) is 0 Å². The van der Waals surface area contributed by atoms with Crippen molar-refractivity contribution in [2.75, 3.05) is 0 Å². The molecule has 0 amide bonds. The predicted octanol–water partition coefficient (Wildman–Crippen LogP) is 4.39. The molecule has 2 aliphatic rings. The van der Waals surface area contributed by atoms with Crippen molar-refractivity contribution in [3.05, 3.63) is 0 Å². The molecule has 0 aromatic heterocycles. The van der Waals surface area contributed by atoms with E-state index in [4.69, 9.17) is 0 Å². The SMILES string of the molecule is C1CCCB(C2CCCCC2)CC1. The van der Waals surface area contributed by atoms with Crippen LogP contribution in [0.4, 0.5) is 0 Å². The Hall–Kier alpha value is 0.0649. The molecule has 2 rings (SSSR count). The summed E-state index contributed by atoms with van der Waals surface area (Å²) in [7, 11) is 0. The topological polar surface area (TPSA) is 0 Å². The normalized spacial score (nSPS) is 27.2. The Labute approximate surface area is 83.6 Å². The first-order chi connectivity index (χ1) is 6.47. The molecule has 2 fully saturated rings. The molecule has 1 aliphatic heterocycles. The Morgan fingerprint density at radius 1 is 0.615 bits per heavy atom. The molecule has 1 aliphatic carbocycles. The summed E-state index contributed by atoms with van der Waals surface area (Å²) in [5.41, 5.74) is 0. The predicted molar refractivity (Wildman–Crippen MR) is 60.7 cm³/mol. The molecule has 0 atom stereocenters. The summed E-state index contributed by atoms with van der Waals surface area (Å²) >= 11 is 0. The average molecular weight is 178 g/mol. The maximum Gasteiger partial charge on any atom is 0.143 e. The summed E-state index contributed by atoms with van der Waals surface area (Å²) in [5, 5.41) is 0. The zero-order chi connectivity index (χ0) is 8.93. The van der Waals surface area contributed by atoms with Gasteiger partial charge in [-0.15, -0.1) is 0 Å². The number of hydrogen-bond donors (Lipinski definition) is 0. The Bertz CT molecular complexity index is 130. The Morgan fingerprint density at radius 3 is 1.77 bits per heavy atom. The third-order valence-electron chi connectivity index (χ3n) is 4.22. The van der Waals surface area contributed by atoms with E-state index in [9.17, 15) is 0 Å². The second-order valence-corrected chi connectivity index (χ2v) is 5.15. The fourth-order valence-corrected chi connectivity index (χ4v) is 3.39. The molecule has 1 heterocycles. The minimum Gasteiger partial charge on any atom is -0.0739 e. The van der Waals surface area contributed by atoms with Crippen LogP contribution in [0.3, 0.4) is 0 Å². The van der Waals surface area contributed by atoms with E-state index in [2.05, 4.69) is 0 Å². The molecule has 0 radical (unpaired) electrons. The largest absolute Gasteiger partial charge is 0.143 e. The molecule has 13 heavy (non-hydrogen) atoms. The van der Waals surface area contributed by atoms with Gasteiger partial charge in [0.05, 0.1) is 0 Å². The molecule has 0 aromatic carbocycles. The van der Waals surface area contributed by atoms with Crippen molar-refractivity contribution in [3.63, 3.8) is 0 Å². The highest BCUT2D eigenvalue weighted by Gasteiger charge is 2.26. The summed E-state index contributed by atoms with van der Waals surface area (Å²) in [6.45, 7) is 1.13. The average Bonchev–Trinajstić information content (AvgIpc) is 2.47. The van der Waals surface area contributed by atoms with Gasteiger partial charge in [0.1, 0.15) is 6.71 Å². The van der Waals surface area contributed by atoms with Gasteiger partial charge in [-0.1, -0.05) is 76.2 Å². The smallest absolute Gasteiger partial charge is 0.0739 e. The number of hydrogen-bond acceptors (Lipinski definition) is 0. The van der Waals surface area contributed by atoms with Gasteiger partial charge >= 0.3 is 0 Å². The van der Waals surface area contributed by atoms with Gasteiger partial charge in [-0.2, -0.15) is 0 Å². The van der Waals surface area contributed by atoms with Crippen LogP contribution in [0.15, 0.2) is 0 Å². The van der Waals surface area contributed by atoms with Crippen molar-refractivity contribution < 1.29 is 0 Å². The van der Waals surface area contributed by atoms with Crippen molar-refractivity contribution >= 4 is 6.71 Å². The molecule has 0 spiro atoms. The maximum atomic E-state index is 1.56. The van der Waals surface area contributed by atoms with Crippen molar-refractivity contribution in [3.8, 4) is 0 Å². The van der Waals surface area contributed by atoms with Crippen LogP contribution >= 0.6 is 0 Å². The van der Waals surface area contributed by atoms with E-state index < -0.39 is 0 Å². The quantitative estimate of drug-likeness (QED) is 0.522. The molecular formula is C12H23B. The lowest BCUT2D eigenvalue weighted by atomic mass is 9.35. The Morgan fingerprint density at radius 2 is 1.15 bits per heavy atom.